The van der Waals surface area contributed by atoms with Crippen LogP contribution in [0.4, 0.5) is 0 Å². The molecular weight excluding hydrogens is 316 g/mol. The lowest BCUT2D eigenvalue weighted by Crippen LogP contribution is -2.33. The number of thiophene rings is 1. The first kappa shape index (κ1) is 15.4. The number of hydrogen-bond donors (Lipinski definition) is 1. The largest absolute Gasteiger partial charge is 0.395 e. The molecule has 0 aromatic carbocycles. The third-order valence-corrected chi connectivity index (χ3v) is 5.36. The summed E-state index contributed by atoms with van der Waals surface area (Å²) in [4.78, 5) is 20.1. The van der Waals surface area contributed by atoms with Crippen molar-refractivity contribution in [1.82, 2.24) is 9.88 Å². The third kappa shape index (κ3) is 3.20. The van der Waals surface area contributed by atoms with E-state index < -0.39 is 0 Å². The van der Waals surface area contributed by atoms with Crippen molar-refractivity contribution in [3.05, 3.63) is 27.0 Å². The highest BCUT2D eigenvalue weighted by Crippen LogP contribution is 2.35. The number of amides is 1. The van der Waals surface area contributed by atoms with Gasteiger partial charge in [-0.3, -0.25) is 4.79 Å². The van der Waals surface area contributed by atoms with Gasteiger partial charge in [0.2, 0.25) is 0 Å². The molecule has 0 aliphatic heterocycles. The van der Waals surface area contributed by atoms with Crippen LogP contribution in [0.2, 0.25) is 4.34 Å². The molecule has 2 aromatic heterocycles. The van der Waals surface area contributed by atoms with E-state index in [0.717, 1.165) is 15.6 Å². The smallest absolute Gasteiger partial charge is 0.265 e. The van der Waals surface area contributed by atoms with Gasteiger partial charge in [0, 0.05) is 13.1 Å². The highest BCUT2D eigenvalue weighted by atomic mass is 35.5. The number of aryl methyl sites for hydroxylation is 1. The number of hydrogen-bond acceptors (Lipinski definition) is 5. The molecule has 0 aliphatic carbocycles. The second-order valence-electron chi connectivity index (χ2n) is 4.15. The summed E-state index contributed by atoms with van der Waals surface area (Å²) in [6.07, 6.45) is 0. The Labute approximate surface area is 130 Å². The van der Waals surface area contributed by atoms with Crippen LogP contribution in [0.5, 0.6) is 0 Å². The van der Waals surface area contributed by atoms with Crippen LogP contribution in [-0.4, -0.2) is 40.6 Å². The fraction of sp³-hybridized carbons (Fsp3) is 0.385. The van der Waals surface area contributed by atoms with Gasteiger partial charge in [-0.1, -0.05) is 11.6 Å². The van der Waals surface area contributed by atoms with Gasteiger partial charge in [-0.2, -0.15) is 0 Å². The van der Waals surface area contributed by atoms with E-state index in [1.165, 1.54) is 22.7 Å². The number of aromatic nitrogens is 1. The lowest BCUT2D eigenvalue weighted by molar-refractivity contribution is 0.0736. The third-order valence-electron chi connectivity index (χ3n) is 2.81. The zero-order chi connectivity index (χ0) is 14.7. The number of likely N-dealkylation sites (N-methyl/N-ethyl adjacent to an activating group) is 1. The molecule has 0 fully saturated rings. The molecule has 2 aromatic rings. The van der Waals surface area contributed by atoms with Crippen molar-refractivity contribution in [3.8, 4) is 9.88 Å². The van der Waals surface area contributed by atoms with E-state index in [4.69, 9.17) is 16.7 Å². The minimum atomic E-state index is -0.0783. The van der Waals surface area contributed by atoms with E-state index in [1.807, 2.05) is 26.0 Å². The van der Waals surface area contributed by atoms with E-state index in [-0.39, 0.29) is 12.5 Å². The summed E-state index contributed by atoms with van der Waals surface area (Å²) in [6, 6.07) is 3.73. The number of carbonyl (C=O) groups is 1. The number of nitrogens with zero attached hydrogens (tertiary/aromatic N) is 2. The summed E-state index contributed by atoms with van der Waals surface area (Å²) < 4.78 is 0.705. The van der Waals surface area contributed by atoms with Crippen LogP contribution in [0.3, 0.4) is 0 Å². The van der Waals surface area contributed by atoms with Gasteiger partial charge in [0.05, 0.1) is 21.5 Å². The molecule has 0 bridgehead atoms. The average molecular weight is 331 g/mol. The first-order chi connectivity index (χ1) is 9.56. The van der Waals surface area contributed by atoms with Gasteiger partial charge in [0.25, 0.3) is 5.91 Å². The van der Waals surface area contributed by atoms with Crippen molar-refractivity contribution in [1.29, 1.82) is 0 Å². The van der Waals surface area contributed by atoms with Gasteiger partial charge < -0.3 is 10.0 Å². The van der Waals surface area contributed by atoms with Gasteiger partial charge in [-0.15, -0.1) is 22.7 Å². The molecule has 0 spiro atoms. The van der Waals surface area contributed by atoms with Crippen LogP contribution >= 0.6 is 34.3 Å². The molecule has 0 radical (unpaired) electrons. The summed E-state index contributed by atoms with van der Waals surface area (Å²) in [7, 11) is 0. The van der Waals surface area contributed by atoms with E-state index in [9.17, 15) is 4.79 Å². The maximum absolute atomic E-state index is 12.4. The molecule has 4 nitrogen and oxygen atoms in total. The molecule has 0 aliphatic rings. The van der Waals surface area contributed by atoms with Gasteiger partial charge in [0.1, 0.15) is 9.88 Å². The lowest BCUT2D eigenvalue weighted by Gasteiger charge is -2.18. The molecule has 1 amide bonds. The van der Waals surface area contributed by atoms with Gasteiger partial charge >= 0.3 is 0 Å². The molecule has 0 saturated carbocycles. The van der Waals surface area contributed by atoms with Crippen molar-refractivity contribution in [2.24, 2.45) is 0 Å². The number of thiazole rings is 1. The highest BCUT2D eigenvalue weighted by molar-refractivity contribution is 7.24. The van der Waals surface area contributed by atoms with Crippen molar-refractivity contribution < 1.29 is 9.90 Å². The fourth-order valence-corrected chi connectivity index (χ4v) is 3.93. The molecule has 108 valence electrons. The second kappa shape index (κ2) is 6.67. The second-order valence-corrected chi connectivity index (χ2v) is 6.86. The standard InChI is InChI=1S/C13H15ClN2O2S2/c1-3-16(6-7-17)13(18)11-8(2)15-12(20-11)9-4-5-10(14)19-9/h4-5,17H,3,6-7H2,1-2H3. The summed E-state index contributed by atoms with van der Waals surface area (Å²) in [6.45, 7) is 4.59. The van der Waals surface area contributed by atoms with Crippen molar-refractivity contribution >= 4 is 40.2 Å². The summed E-state index contributed by atoms with van der Waals surface area (Å²) in [5.74, 6) is -0.0783. The maximum Gasteiger partial charge on any atom is 0.265 e. The van der Waals surface area contributed by atoms with Gasteiger partial charge in [-0.05, 0) is 26.0 Å². The molecule has 1 N–H and O–H groups in total. The predicted octanol–water partition coefficient (Wildman–Crippen LogP) is 3.29. The molecule has 0 atom stereocenters. The molecular formula is C13H15ClN2O2S2. The summed E-state index contributed by atoms with van der Waals surface area (Å²) in [5.41, 5.74) is 0.718. The predicted molar refractivity (Wildman–Crippen MR) is 83.8 cm³/mol. The Morgan fingerprint density at radius 3 is 2.75 bits per heavy atom. The van der Waals surface area contributed by atoms with Crippen LogP contribution in [0.1, 0.15) is 22.3 Å². The van der Waals surface area contributed by atoms with Crippen molar-refractivity contribution in [3.63, 3.8) is 0 Å². The van der Waals surface area contributed by atoms with E-state index in [1.54, 1.807) is 4.90 Å². The van der Waals surface area contributed by atoms with E-state index in [0.29, 0.717) is 22.3 Å². The van der Waals surface area contributed by atoms with Crippen LogP contribution < -0.4 is 0 Å². The molecule has 0 unspecified atom stereocenters. The van der Waals surface area contributed by atoms with Gasteiger partial charge in [-0.25, -0.2) is 4.98 Å². The Morgan fingerprint density at radius 2 is 2.20 bits per heavy atom. The maximum atomic E-state index is 12.4. The Balaban J connectivity index is 2.29. The molecule has 20 heavy (non-hydrogen) atoms. The van der Waals surface area contributed by atoms with Crippen molar-refractivity contribution in [2.75, 3.05) is 19.7 Å². The molecule has 2 rings (SSSR count). The zero-order valence-corrected chi connectivity index (χ0v) is 13.6. The number of rotatable bonds is 5. The van der Waals surface area contributed by atoms with Gasteiger partial charge in [0.15, 0.2) is 0 Å². The Bertz CT molecular complexity index is 609. The monoisotopic (exact) mass is 330 g/mol. The minimum Gasteiger partial charge on any atom is -0.395 e. The number of aliphatic hydroxyl groups is 1. The average Bonchev–Trinajstić information content (AvgIpc) is 3.01. The quantitative estimate of drug-likeness (QED) is 0.915. The van der Waals surface area contributed by atoms with Crippen LogP contribution in [0.25, 0.3) is 9.88 Å². The number of carbonyl (C=O) groups excluding carboxylic acids is 1. The van der Waals surface area contributed by atoms with E-state index in [2.05, 4.69) is 4.98 Å². The van der Waals surface area contributed by atoms with Crippen molar-refractivity contribution in [2.45, 2.75) is 13.8 Å². The Kier molecular flexibility index (Phi) is 5.15. The number of halogens is 1. The van der Waals surface area contributed by atoms with Crippen LogP contribution in [0.15, 0.2) is 12.1 Å². The summed E-state index contributed by atoms with van der Waals surface area (Å²) in [5, 5.41) is 9.81. The van der Waals surface area contributed by atoms with Crippen LogP contribution in [0, 0.1) is 6.92 Å². The topological polar surface area (TPSA) is 53.4 Å². The Hall–Kier alpha value is -0.950. The zero-order valence-electron chi connectivity index (χ0n) is 11.2. The first-order valence-corrected chi connectivity index (χ1v) is 8.21. The number of aliphatic hydroxyl groups excluding tert-OH is 1. The summed E-state index contributed by atoms with van der Waals surface area (Å²) >= 11 is 8.74. The molecule has 7 heteroatoms. The first-order valence-electron chi connectivity index (χ1n) is 6.20. The minimum absolute atomic E-state index is 0.0369. The normalized spacial score (nSPS) is 10.8. The SMILES string of the molecule is CCN(CCO)C(=O)c1sc(-c2ccc(Cl)s2)nc1C. The molecule has 0 saturated heterocycles. The Morgan fingerprint density at radius 1 is 1.45 bits per heavy atom. The van der Waals surface area contributed by atoms with Crippen LogP contribution in [-0.2, 0) is 0 Å². The fourth-order valence-electron chi connectivity index (χ4n) is 1.80. The lowest BCUT2D eigenvalue weighted by atomic mass is 10.3. The van der Waals surface area contributed by atoms with E-state index >= 15 is 0 Å². The molecule has 2 heterocycles. The highest BCUT2D eigenvalue weighted by Gasteiger charge is 2.21.